The summed E-state index contributed by atoms with van der Waals surface area (Å²) in [5.41, 5.74) is 2.02. The van der Waals surface area contributed by atoms with E-state index in [0.717, 1.165) is 37.2 Å². The number of carbonyl (C=O) groups is 1. The van der Waals surface area contributed by atoms with Gasteiger partial charge in [0.1, 0.15) is 11.6 Å². The SMILES string of the molecule is CCCN(CCC)c1ccc(/C=C(\C#N)C(=O)NCC2CC(O)CC(C)O2)cc1. The molecule has 0 aliphatic carbocycles. The molecule has 1 aromatic carbocycles. The summed E-state index contributed by atoms with van der Waals surface area (Å²) in [6.45, 7) is 8.52. The van der Waals surface area contributed by atoms with Crippen LogP contribution in [-0.4, -0.2) is 49.0 Å². The molecule has 2 rings (SSSR count). The molecule has 0 radical (unpaired) electrons. The minimum atomic E-state index is -0.425. The van der Waals surface area contributed by atoms with E-state index in [1.807, 2.05) is 37.3 Å². The van der Waals surface area contributed by atoms with Gasteiger partial charge >= 0.3 is 0 Å². The lowest BCUT2D eigenvalue weighted by molar-refractivity contribution is -0.120. The second-order valence-electron chi connectivity index (χ2n) is 7.65. The van der Waals surface area contributed by atoms with Crippen LogP contribution < -0.4 is 10.2 Å². The van der Waals surface area contributed by atoms with E-state index in [-0.39, 0.29) is 24.3 Å². The summed E-state index contributed by atoms with van der Waals surface area (Å²) in [6, 6.07) is 9.91. The molecule has 0 saturated carbocycles. The number of hydrogen-bond donors (Lipinski definition) is 2. The van der Waals surface area contributed by atoms with E-state index < -0.39 is 12.0 Å². The summed E-state index contributed by atoms with van der Waals surface area (Å²) < 4.78 is 5.73. The van der Waals surface area contributed by atoms with Crippen LogP contribution in [-0.2, 0) is 9.53 Å². The highest BCUT2D eigenvalue weighted by Crippen LogP contribution is 2.20. The first kappa shape index (κ1) is 22.9. The van der Waals surface area contributed by atoms with Crippen molar-refractivity contribution in [3.05, 3.63) is 35.4 Å². The topological polar surface area (TPSA) is 85.6 Å². The summed E-state index contributed by atoms with van der Waals surface area (Å²) in [5.74, 6) is -0.425. The van der Waals surface area contributed by atoms with Gasteiger partial charge < -0.3 is 20.1 Å². The molecule has 0 bridgehead atoms. The van der Waals surface area contributed by atoms with Crippen LogP contribution in [0.1, 0.15) is 52.0 Å². The number of hydrogen-bond acceptors (Lipinski definition) is 5. The number of nitriles is 1. The van der Waals surface area contributed by atoms with Crippen molar-refractivity contribution in [2.45, 2.75) is 64.8 Å². The van der Waals surface area contributed by atoms with Crippen molar-refractivity contribution in [1.82, 2.24) is 5.32 Å². The third-order valence-electron chi connectivity index (χ3n) is 4.98. The molecular weight excluding hydrogens is 366 g/mol. The first-order valence-corrected chi connectivity index (χ1v) is 10.5. The lowest BCUT2D eigenvalue weighted by Crippen LogP contribution is -2.42. The van der Waals surface area contributed by atoms with Gasteiger partial charge in [-0.1, -0.05) is 26.0 Å². The van der Waals surface area contributed by atoms with Gasteiger partial charge in [0.2, 0.25) is 0 Å². The highest BCUT2D eigenvalue weighted by atomic mass is 16.5. The van der Waals surface area contributed by atoms with E-state index in [2.05, 4.69) is 24.1 Å². The van der Waals surface area contributed by atoms with Crippen LogP contribution in [0.2, 0.25) is 0 Å². The summed E-state index contributed by atoms with van der Waals surface area (Å²) in [5, 5.41) is 22.0. The minimum Gasteiger partial charge on any atom is -0.393 e. The zero-order valence-electron chi connectivity index (χ0n) is 17.7. The summed E-state index contributed by atoms with van der Waals surface area (Å²) in [6.07, 6.45) is 4.18. The van der Waals surface area contributed by atoms with Gasteiger partial charge in [-0.3, -0.25) is 4.79 Å². The molecule has 1 aromatic rings. The highest BCUT2D eigenvalue weighted by molar-refractivity contribution is 6.01. The maximum atomic E-state index is 12.4. The Labute approximate surface area is 174 Å². The second kappa shape index (κ2) is 11.6. The average Bonchev–Trinajstić information content (AvgIpc) is 2.70. The standard InChI is InChI=1S/C23H33N3O3/c1-4-10-26(11-5-2)20-8-6-18(7-9-20)13-19(15-24)23(28)25-16-22-14-21(27)12-17(3)29-22/h6-9,13,17,21-22,27H,4-5,10-12,14,16H2,1-3H3,(H,25,28)/b19-13+. The molecule has 29 heavy (non-hydrogen) atoms. The van der Waals surface area contributed by atoms with Crippen LogP contribution in [0.3, 0.4) is 0 Å². The smallest absolute Gasteiger partial charge is 0.262 e. The van der Waals surface area contributed by atoms with Gasteiger partial charge in [-0.05, 0) is 50.0 Å². The Bertz CT molecular complexity index is 708. The number of rotatable bonds is 9. The highest BCUT2D eigenvalue weighted by Gasteiger charge is 2.26. The van der Waals surface area contributed by atoms with E-state index in [4.69, 9.17) is 4.74 Å². The third-order valence-corrected chi connectivity index (χ3v) is 4.98. The Balaban J connectivity index is 1.99. The molecule has 1 heterocycles. The van der Waals surface area contributed by atoms with Gasteiger partial charge in [0.05, 0.1) is 18.3 Å². The molecule has 6 heteroatoms. The van der Waals surface area contributed by atoms with Crippen molar-refractivity contribution in [3.8, 4) is 6.07 Å². The molecule has 1 amide bonds. The van der Waals surface area contributed by atoms with Gasteiger partial charge in [-0.15, -0.1) is 0 Å². The van der Waals surface area contributed by atoms with Crippen molar-refractivity contribution in [3.63, 3.8) is 0 Å². The number of carbonyl (C=O) groups excluding carboxylic acids is 1. The Hall–Kier alpha value is -2.36. The molecule has 1 aliphatic rings. The zero-order valence-corrected chi connectivity index (χ0v) is 17.7. The van der Waals surface area contributed by atoms with Crippen molar-refractivity contribution in [2.24, 2.45) is 0 Å². The van der Waals surface area contributed by atoms with Crippen LogP contribution in [0.4, 0.5) is 5.69 Å². The van der Waals surface area contributed by atoms with E-state index in [9.17, 15) is 15.2 Å². The predicted octanol–water partition coefficient (Wildman–Crippen LogP) is 3.26. The van der Waals surface area contributed by atoms with Gasteiger partial charge in [-0.2, -0.15) is 5.26 Å². The van der Waals surface area contributed by atoms with Gasteiger partial charge in [0.25, 0.3) is 5.91 Å². The number of aliphatic hydroxyl groups is 1. The van der Waals surface area contributed by atoms with E-state index >= 15 is 0 Å². The van der Waals surface area contributed by atoms with E-state index in [0.29, 0.717) is 12.8 Å². The molecule has 3 atom stereocenters. The fourth-order valence-electron chi connectivity index (χ4n) is 3.66. The number of nitrogens with zero attached hydrogens (tertiary/aromatic N) is 2. The van der Waals surface area contributed by atoms with E-state index in [1.54, 1.807) is 6.08 Å². The summed E-state index contributed by atoms with van der Waals surface area (Å²) in [7, 11) is 0. The number of amides is 1. The fraction of sp³-hybridized carbons (Fsp3) is 0.565. The molecule has 1 fully saturated rings. The van der Waals surface area contributed by atoms with Crippen LogP contribution >= 0.6 is 0 Å². The zero-order chi connectivity index (χ0) is 21.2. The molecule has 3 unspecified atom stereocenters. The third kappa shape index (κ3) is 7.19. The molecule has 6 nitrogen and oxygen atoms in total. The maximum absolute atomic E-state index is 12.4. The molecule has 1 saturated heterocycles. The number of nitrogens with one attached hydrogen (secondary N) is 1. The molecule has 0 aromatic heterocycles. The van der Waals surface area contributed by atoms with Crippen LogP contribution in [0, 0.1) is 11.3 Å². The number of anilines is 1. The lowest BCUT2D eigenvalue weighted by atomic mass is 10.0. The van der Waals surface area contributed by atoms with Crippen LogP contribution in [0.15, 0.2) is 29.8 Å². The number of benzene rings is 1. The van der Waals surface area contributed by atoms with Gasteiger partial charge in [0.15, 0.2) is 0 Å². The van der Waals surface area contributed by atoms with Gasteiger partial charge in [-0.25, -0.2) is 0 Å². The maximum Gasteiger partial charge on any atom is 0.262 e. The largest absolute Gasteiger partial charge is 0.393 e. The van der Waals surface area contributed by atoms with E-state index in [1.165, 1.54) is 0 Å². The molecular formula is C23H33N3O3. The van der Waals surface area contributed by atoms with Crippen molar-refractivity contribution in [2.75, 3.05) is 24.5 Å². The molecule has 158 valence electrons. The quantitative estimate of drug-likeness (QED) is 0.492. The minimum absolute atomic E-state index is 0.0369. The Morgan fingerprint density at radius 1 is 1.28 bits per heavy atom. The first-order valence-electron chi connectivity index (χ1n) is 10.5. The summed E-state index contributed by atoms with van der Waals surface area (Å²) >= 11 is 0. The Morgan fingerprint density at radius 3 is 2.48 bits per heavy atom. The Kier molecular flexibility index (Phi) is 9.17. The first-order chi connectivity index (χ1) is 14.0. The van der Waals surface area contributed by atoms with Crippen molar-refractivity contribution < 1.29 is 14.6 Å². The summed E-state index contributed by atoms with van der Waals surface area (Å²) in [4.78, 5) is 14.7. The van der Waals surface area contributed by atoms with Crippen LogP contribution in [0.5, 0.6) is 0 Å². The second-order valence-corrected chi connectivity index (χ2v) is 7.65. The molecule has 2 N–H and O–H groups in total. The normalized spacial score (nSPS) is 22.0. The Morgan fingerprint density at radius 2 is 1.93 bits per heavy atom. The molecule has 0 spiro atoms. The number of aliphatic hydroxyl groups excluding tert-OH is 1. The monoisotopic (exact) mass is 399 g/mol. The van der Waals surface area contributed by atoms with Gasteiger partial charge in [0, 0.05) is 31.7 Å². The number of ether oxygens (including phenoxy) is 1. The predicted molar refractivity (Wildman–Crippen MR) is 115 cm³/mol. The fourth-order valence-corrected chi connectivity index (χ4v) is 3.66. The van der Waals surface area contributed by atoms with Crippen molar-refractivity contribution >= 4 is 17.7 Å². The van der Waals surface area contributed by atoms with Crippen molar-refractivity contribution in [1.29, 1.82) is 5.26 Å². The average molecular weight is 400 g/mol. The lowest BCUT2D eigenvalue weighted by Gasteiger charge is -2.31. The molecule has 1 aliphatic heterocycles. The van der Waals surface area contributed by atoms with Crippen LogP contribution in [0.25, 0.3) is 6.08 Å².